The van der Waals surface area contributed by atoms with E-state index in [1.165, 1.54) is 5.56 Å². The average Bonchev–Trinajstić information content (AvgIpc) is 2.66. The minimum Gasteiger partial charge on any atom is -0.400 e. The number of rotatable bonds is 7. The van der Waals surface area contributed by atoms with Gasteiger partial charge in [-0.2, -0.15) is 0 Å². The largest absolute Gasteiger partial charge is 0.541 e. The van der Waals surface area contributed by atoms with Crippen molar-refractivity contribution in [1.82, 2.24) is 0 Å². The van der Waals surface area contributed by atoms with Crippen LogP contribution in [-0.2, 0) is 4.57 Å². The van der Waals surface area contributed by atoms with Crippen molar-refractivity contribution >= 4 is 36.6 Å². The highest BCUT2D eigenvalue weighted by molar-refractivity contribution is 7.56. The lowest BCUT2D eigenvalue weighted by Crippen LogP contribution is -2.10. The summed E-state index contributed by atoms with van der Waals surface area (Å²) in [6.07, 6.45) is 0. The van der Waals surface area contributed by atoms with Gasteiger partial charge < -0.3 is 9.05 Å². The van der Waals surface area contributed by atoms with Gasteiger partial charge in [0.2, 0.25) is 0 Å². The monoisotopic (exact) mass is 435 g/mol. The lowest BCUT2D eigenvalue weighted by atomic mass is 10.0. The molecule has 0 amide bonds. The second-order valence-corrected chi connectivity index (χ2v) is 8.93. The molecule has 0 unspecified atom stereocenters. The number of benzene rings is 3. The second-order valence-electron chi connectivity index (χ2n) is 6.48. The van der Waals surface area contributed by atoms with Gasteiger partial charge in [0.25, 0.3) is 0 Å². The zero-order chi connectivity index (χ0) is 20.1. The minimum atomic E-state index is -3.79. The summed E-state index contributed by atoms with van der Waals surface area (Å²) in [4.78, 5) is 0. The van der Waals surface area contributed by atoms with Crippen molar-refractivity contribution < 1.29 is 13.6 Å². The van der Waals surface area contributed by atoms with Crippen LogP contribution < -0.4 is 14.1 Å². The molecule has 0 atom stereocenters. The van der Waals surface area contributed by atoms with Gasteiger partial charge in [-0.1, -0.05) is 49.2 Å². The Morgan fingerprint density at radius 3 is 1.57 bits per heavy atom. The third-order valence-corrected chi connectivity index (χ3v) is 5.86. The molecule has 3 rings (SSSR count). The van der Waals surface area contributed by atoms with Crippen molar-refractivity contribution in [2.75, 3.05) is 5.09 Å². The van der Waals surface area contributed by atoms with Gasteiger partial charge in [-0.25, -0.2) is 4.57 Å². The molecule has 146 valence electrons. The van der Waals surface area contributed by atoms with E-state index in [4.69, 9.17) is 32.2 Å². The van der Waals surface area contributed by atoms with Gasteiger partial charge in [0.15, 0.2) is 0 Å². The number of halogens is 2. The van der Waals surface area contributed by atoms with Crippen molar-refractivity contribution in [2.45, 2.75) is 19.8 Å². The molecular weight excluding hydrogens is 416 g/mol. The Bertz CT molecular complexity index is 907. The van der Waals surface area contributed by atoms with E-state index in [1.807, 2.05) is 24.3 Å². The molecule has 3 aromatic rings. The molecule has 1 N–H and O–H groups in total. The summed E-state index contributed by atoms with van der Waals surface area (Å²) in [5.74, 6) is 1.14. The standard InChI is InChI=1S/C21H20Cl2NO3P/c1-15(2)16-3-9-19(10-4-16)24-28(25,26-20-11-5-17(22)6-12-20)27-21-13-7-18(23)8-14-21/h3-15H,1-2H3,(H,24,25). The molecule has 0 saturated heterocycles. The molecule has 0 aliphatic carbocycles. The van der Waals surface area contributed by atoms with Crippen LogP contribution in [0.3, 0.4) is 0 Å². The Balaban J connectivity index is 1.87. The maximum Gasteiger partial charge on any atom is 0.541 e. The highest BCUT2D eigenvalue weighted by atomic mass is 35.5. The van der Waals surface area contributed by atoms with E-state index in [1.54, 1.807) is 48.5 Å². The van der Waals surface area contributed by atoms with E-state index < -0.39 is 7.75 Å². The smallest absolute Gasteiger partial charge is 0.400 e. The highest BCUT2D eigenvalue weighted by Crippen LogP contribution is 2.48. The molecule has 0 aromatic heterocycles. The Kier molecular flexibility index (Phi) is 6.56. The van der Waals surface area contributed by atoms with Gasteiger partial charge in [-0.05, 0) is 72.1 Å². The van der Waals surface area contributed by atoms with Gasteiger partial charge >= 0.3 is 7.75 Å². The quantitative estimate of drug-likeness (QED) is 0.384. The van der Waals surface area contributed by atoms with Crippen LogP contribution in [0.5, 0.6) is 11.5 Å². The number of nitrogens with one attached hydrogen (secondary N) is 1. The summed E-state index contributed by atoms with van der Waals surface area (Å²) < 4.78 is 24.9. The third kappa shape index (κ3) is 5.68. The summed E-state index contributed by atoms with van der Waals surface area (Å²) in [7, 11) is -3.79. The van der Waals surface area contributed by atoms with Crippen LogP contribution in [0.25, 0.3) is 0 Å². The maximum absolute atomic E-state index is 13.5. The molecule has 28 heavy (non-hydrogen) atoms. The summed E-state index contributed by atoms with van der Waals surface area (Å²) in [6, 6.07) is 20.8. The fraction of sp³-hybridized carbons (Fsp3) is 0.143. The Morgan fingerprint density at radius 1 is 0.750 bits per heavy atom. The highest BCUT2D eigenvalue weighted by Gasteiger charge is 2.29. The van der Waals surface area contributed by atoms with Crippen LogP contribution in [0, 0.1) is 0 Å². The normalized spacial score (nSPS) is 11.3. The van der Waals surface area contributed by atoms with Crippen molar-refractivity contribution in [3.05, 3.63) is 88.4 Å². The maximum atomic E-state index is 13.5. The molecule has 4 nitrogen and oxygen atoms in total. The van der Waals surface area contributed by atoms with E-state index in [9.17, 15) is 4.57 Å². The molecule has 0 bridgehead atoms. The second kappa shape index (κ2) is 8.91. The summed E-state index contributed by atoms with van der Waals surface area (Å²) in [6.45, 7) is 4.22. The SMILES string of the molecule is CC(C)c1ccc(NP(=O)(Oc2ccc(Cl)cc2)Oc2ccc(Cl)cc2)cc1. The summed E-state index contributed by atoms with van der Waals surface area (Å²) in [5, 5.41) is 4.00. The third-order valence-electron chi connectivity index (χ3n) is 3.92. The first-order valence-corrected chi connectivity index (χ1v) is 11.0. The molecule has 0 aliphatic heterocycles. The lowest BCUT2D eigenvalue weighted by Gasteiger charge is -2.21. The lowest BCUT2D eigenvalue weighted by molar-refractivity contribution is 0.393. The van der Waals surface area contributed by atoms with E-state index in [2.05, 4.69) is 18.9 Å². The van der Waals surface area contributed by atoms with Gasteiger partial charge in [0.05, 0.1) is 0 Å². The molecule has 0 saturated carbocycles. The van der Waals surface area contributed by atoms with Gasteiger partial charge in [-0.3, -0.25) is 5.09 Å². The van der Waals surface area contributed by atoms with E-state index in [0.717, 1.165) is 0 Å². The van der Waals surface area contributed by atoms with Gasteiger partial charge in [0, 0.05) is 15.7 Å². The Labute approximate surface area is 175 Å². The molecule has 0 radical (unpaired) electrons. The molecular formula is C21H20Cl2NO3P. The number of hydrogen-bond donors (Lipinski definition) is 1. The van der Waals surface area contributed by atoms with Crippen LogP contribution >= 0.6 is 30.9 Å². The predicted molar refractivity (Wildman–Crippen MR) is 116 cm³/mol. The van der Waals surface area contributed by atoms with Crippen molar-refractivity contribution in [2.24, 2.45) is 0 Å². The molecule has 0 spiro atoms. The first kappa shape index (κ1) is 20.6. The Morgan fingerprint density at radius 2 is 1.18 bits per heavy atom. The number of hydrogen-bond acceptors (Lipinski definition) is 3. The zero-order valence-electron chi connectivity index (χ0n) is 15.4. The first-order chi connectivity index (χ1) is 13.3. The molecule has 3 aromatic carbocycles. The van der Waals surface area contributed by atoms with E-state index in [-0.39, 0.29) is 0 Å². The minimum absolute atomic E-state index is 0.369. The zero-order valence-corrected chi connectivity index (χ0v) is 17.8. The molecule has 0 heterocycles. The van der Waals surface area contributed by atoms with Crippen molar-refractivity contribution in [3.8, 4) is 11.5 Å². The average molecular weight is 436 g/mol. The van der Waals surface area contributed by atoms with Gasteiger partial charge in [-0.15, -0.1) is 0 Å². The topological polar surface area (TPSA) is 47.6 Å². The fourth-order valence-corrected chi connectivity index (χ4v) is 4.08. The van der Waals surface area contributed by atoms with Crippen LogP contribution in [0.2, 0.25) is 10.0 Å². The van der Waals surface area contributed by atoms with Crippen molar-refractivity contribution in [1.29, 1.82) is 0 Å². The molecule has 0 fully saturated rings. The van der Waals surface area contributed by atoms with E-state index >= 15 is 0 Å². The first-order valence-electron chi connectivity index (χ1n) is 8.72. The van der Waals surface area contributed by atoms with Crippen LogP contribution in [0.15, 0.2) is 72.8 Å². The fourth-order valence-electron chi connectivity index (χ4n) is 2.43. The van der Waals surface area contributed by atoms with Crippen molar-refractivity contribution in [3.63, 3.8) is 0 Å². The molecule has 7 heteroatoms. The summed E-state index contributed by atoms with van der Waals surface area (Å²) >= 11 is 11.8. The van der Waals surface area contributed by atoms with Gasteiger partial charge in [0.1, 0.15) is 11.5 Å². The van der Waals surface area contributed by atoms with Crippen LogP contribution in [-0.4, -0.2) is 0 Å². The molecule has 0 aliphatic rings. The van der Waals surface area contributed by atoms with E-state index in [0.29, 0.717) is 33.1 Å². The Hall–Kier alpha value is -2.13. The summed E-state index contributed by atoms with van der Waals surface area (Å²) in [5.41, 5.74) is 1.80. The van der Waals surface area contributed by atoms with Crippen LogP contribution in [0.4, 0.5) is 5.69 Å². The van der Waals surface area contributed by atoms with Crippen LogP contribution in [0.1, 0.15) is 25.3 Å². The predicted octanol–water partition coefficient (Wildman–Crippen LogP) is 7.79. The number of anilines is 1.